The normalized spacial score (nSPS) is 10.4. The van der Waals surface area contributed by atoms with Crippen LogP contribution in [0.4, 0.5) is 11.9 Å². The Hall–Kier alpha value is -2.96. The van der Waals surface area contributed by atoms with Crippen molar-refractivity contribution in [2.45, 2.75) is 6.54 Å². The number of benzene rings is 1. The molecule has 0 bridgehead atoms. The molecule has 2 heterocycles. The topological polar surface area (TPSA) is 94.5 Å². The second-order valence-corrected chi connectivity index (χ2v) is 4.13. The Morgan fingerprint density at radius 2 is 1.95 bits per heavy atom. The highest BCUT2D eigenvalue weighted by molar-refractivity contribution is 5.36. The first kappa shape index (κ1) is 12.1. The summed E-state index contributed by atoms with van der Waals surface area (Å²) in [5, 5.41) is 3.13. The summed E-state index contributed by atoms with van der Waals surface area (Å²) in [4.78, 5) is 16.4. The van der Waals surface area contributed by atoms with Crippen molar-refractivity contribution >= 4 is 11.9 Å². The molecule has 0 spiro atoms. The van der Waals surface area contributed by atoms with Crippen LogP contribution in [0.5, 0.6) is 0 Å². The Morgan fingerprint density at radius 1 is 1.10 bits per heavy atom. The van der Waals surface area contributed by atoms with Crippen LogP contribution in [0, 0.1) is 0 Å². The van der Waals surface area contributed by atoms with E-state index in [0.29, 0.717) is 18.4 Å². The van der Waals surface area contributed by atoms with Crippen LogP contribution >= 0.6 is 0 Å². The van der Waals surface area contributed by atoms with Crippen LogP contribution in [0.3, 0.4) is 0 Å². The molecule has 0 unspecified atom stereocenters. The van der Waals surface area contributed by atoms with Crippen molar-refractivity contribution in [1.29, 1.82) is 0 Å². The molecule has 3 rings (SSSR count). The van der Waals surface area contributed by atoms with Crippen molar-refractivity contribution < 1.29 is 0 Å². The van der Waals surface area contributed by atoms with Crippen LogP contribution < -0.4 is 11.1 Å². The van der Waals surface area contributed by atoms with E-state index in [1.807, 2.05) is 30.3 Å². The Bertz CT molecular complexity index is 679. The van der Waals surface area contributed by atoms with Crippen LogP contribution in [-0.2, 0) is 6.54 Å². The van der Waals surface area contributed by atoms with E-state index in [4.69, 9.17) is 5.73 Å². The average molecular weight is 267 g/mol. The lowest BCUT2D eigenvalue weighted by Crippen LogP contribution is -2.10. The van der Waals surface area contributed by atoms with Gasteiger partial charge < -0.3 is 11.1 Å². The van der Waals surface area contributed by atoms with Gasteiger partial charge in [-0.25, -0.2) is 4.98 Å². The van der Waals surface area contributed by atoms with Gasteiger partial charge in [0.2, 0.25) is 17.8 Å². The average Bonchev–Trinajstić information content (AvgIpc) is 3.00. The molecule has 1 aromatic carbocycles. The first-order valence-corrected chi connectivity index (χ1v) is 6.09. The summed E-state index contributed by atoms with van der Waals surface area (Å²) in [5.74, 6) is 1.04. The summed E-state index contributed by atoms with van der Waals surface area (Å²) in [7, 11) is 0. The minimum Gasteiger partial charge on any atom is -0.368 e. The molecule has 0 fully saturated rings. The fraction of sp³-hybridized carbons (Fsp3) is 0.0769. The molecule has 0 radical (unpaired) electrons. The minimum absolute atomic E-state index is 0.166. The second-order valence-electron chi connectivity index (χ2n) is 4.13. The zero-order valence-corrected chi connectivity index (χ0v) is 10.6. The molecule has 7 heteroatoms. The zero-order chi connectivity index (χ0) is 13.8. The third kappa shape index (κ3) is 2.72. The summed E-state index contributed by atoms with van der Waals surface area (Å²) >= 11 is 0. The molecule has 0 aliphatic rings. The van der Waals surface area contributed by atoms with E-state index in [-0.39, 0.29) is 5.95 Å². The molecular formula is C13H13N7. The number of rotatable bonds is 4. The standard InChI is InChI=1S/C13H13N7/c14-11-17-12(16-8-10-4-2-1-3-5-10)19-13(18-11)20-7-6-15-9-20/h1-7,9H,8H2,(H3,14,16,17,18,19). The van der Waals surface area contributed by atoms with Crippen LogP contribution in [0.1, 0.15) is 5.56 Å². The number of nitrogens with zero attached hydrogens (tertiary/aromatic N) is 5. The van der Waals surface area contributed by atoms with Gasteiger partial charge in [0.1, 0.15) is 6.33 Å². The van der Waals surface area contributed by atoms with Crippen molar-refractivity contribution in [3.05, 3.63) is 54.6 Å². The second kappa shape index (κ2) is 5.35. The highest BCUT2D eigenvalue weighted by atomic mass is 15.3. The van der Waals surface area contributed by atoms with E-state index in [1.54, 1.807) is 23.3 Å². The van der Waals surface area contributed by atoms with Crippen molar-refractivity contribution in [3.63, 3.8) is 0 Å². The third-order valence-electron chi connectivity index (χ3n) is 2.67. The molecule has 0 aliphatic heterocycles. The molecule has 20 heavy (non-hydrogen) atoms. The Morgan fingerprint density at radius 3 is 2.70 bits per heavy atom. The van der Waals surface area contributed by atoms with Crippen molar-refractivity contribution in [3.8, 4) is 5.95 Å². The maximum absolute atomic E-state index is 5.70. The summed E-state index contributed by atoms with van der Waals surface area (Å²) in [6.45, 7) is 0.619. The Labute approximate surface area is 115 Å². The van der Waals surface area contributed by atoms with Crippen LogP contribution in [0.15, 0.2) is 49.1 Å². The largest absolute Gasteiger partial charge is 0.368 e. The number of nitrogens with two attached hydrogens (primary N) is 1. The minimum atomic E-state index is 0.166. The van der Waals surface area contributed by atoms with Gasteiger partial charge >= 0.3 is 0 Å². The monoisotopic (exact) mass is 267 g/mol. The van der Waals surface area contributed by atoms with E-state index in [9.17, 15) is 0 Å². The van der Waals surface area contributed by atoms with Gasteiger partial charge in [-0.1, -0.05) is 30.3 Å². The smallest absolute Gasteiger partial charge is 0.241 e. The molecule has 100 valence electrons. The van der Waals surface area contributed by atoms with Crippen molar-refractivity contribution in [2.24, 2.45) is 0 Å². The van der Waals surface area contributed by atoms with Gasteiger partial charge in [-0.2, -0.15) is 15.0 Å². The lowest BCUT2D eigenvalue weighted by atomic mass is 10.2. The van der Waals surface area contributed by atoms with E-state index in [2.05, 4.69) is 25.3 Å². The van der Waals surface area contributed by atoms with Gasteiger partial charge in [-0.3, -0.25) is 4.57 Å². The quantitative estimate of drug-likeness (QED) is 0.738. The van der Waals surface area contributed by atoms with Gasteiger partial charge in [0.05, 0.1) is 0 Å². The van der Waals surface area contributed by atoms with Gasteiger partial charge in [0, 0.05) is 18.9 Å². The highest BCUT2D eigenvalue weighted by Gasteiger charge is 2.05. The van der Waals surface area contributed by atoms with Crippen molar-refractivity contribution in [1.82, 2.24) is 24.5 Å². The molecule has 2 aromatic heterocycles. The summed E-state index contributed by atoms with van der Waals surface area (Å²) in [6.07, 6.45) is 5.00. The molecule has 0 saturated carbocycles. The molecule has 0 amide bonds. The first-order chi connectivity index (χ1) is 9.81. The van der Waals surface area contributed by atoms with Crippen LogP contribution in [-0.4, -0.2) is 24.5 Å². The highest BCUT2D eigenvalue weighted by Crippen LogP contribution is 2.08. The van der Waals surface area contributed by atoms with Crippen LogP contribution in [0.2, 0.25) is 0 Å². The van der Waals surface area contributed by atoms with E-state index >= 15 is 0 Å². The molecule has 7 nitrogen and oxygen atoms in total. The van der Waals surface area contributed by atoms with E-state index in [0.717, 1.165) is 5.56 Å². The molecule has 0 aliphatic carbocycles. The first-order valence-electron chi connectivity index (χ1n) is 6.09. The summed E-state index contributed by atoms with van der Waals surface area (Å²) in [5.41, 5.74) is 6.83. The number of nitrogen functional groups attached to an aromatic ring is 1. The maximum atomic E-state index is 5.70. The third-order valence-corrected chi connectivity index (χ3v) is 2.67. The molecule has 0 atom stereocenters. The Kier molecular flexibility index (Phi) is 3.24. The number of nitrogens with one attached hydrogen (secondary N) is 1. The molecular weight excluding hydrogens is 254 g/mol. The summed E-state index contributed by atoms with van der Waals surface area (Å²) in [6, 6.07) is 9.98. The van der Waals surface area contributed by atoms with Crippen LogP contribution in [0.25, 0.3) is 5.95 Å². The van der Waals surface area contributed by atoms with Gasteiger partial charge in [0.15, 0.2) is 0 Å². The lowest BCUT2D eigenvalue weighted by molar-refractivity contribution is 0.895. The van der Waals surface area contributed by atoms with E-state index < -0.39 is 0 Å². The number of hydrogen-bond acceptors (Lipinski definition) is 6. The van der Waals surface area contributed by atoms with Gasteiger partial charge in [-0.05, 0) is 5.56 Å². The fourth-order valence-electron chi connectivity index (χ4n) is 1.73. The fourth-order valence-corrected chi connectivity index (χ4v) is 1.73. The maximum Gasteiger partial charge on any atom is 0.241 e. The molecule has 3 aromatic rings. The van der Waals surface area contributed by atoms with Gasteiger partial charge in [0.25, 0.3) is 0 Å². The van der Waals surface area contributed by atoms with E-state index in [1.165, 1.54) is 0 Å². The predicted molar refractivity (Wildman–Crippen MR) is 75.1 cm³/mol. The number of imidazole rings is 1. The summed E-state index contributed by atoms with van der Waals surface area (Å²) < 4.78 is 1.67. The number of hydrogen-bond donors (Lipinski definition) is 2. The number of aromatic nitrogens is 5. The molecule has 0 saturated heterocycles. The Balaban J connectivity index is 1.80. The predicted octanol–water partition coefficient (Wildman–Crippen LogP) is 1.25. The number of anilines is 2. The van der Waals surface area contributed by atoms with Crippen molar-refractivity contribution in [2.75, 3.05) is 11.1 Å². The zero-order valence-electron chi connectivity index (χ0n) is 10.6. The lowest BCUT2D eigenvalue weighted by Gasteiger charge is -2.07. The SMILES string of the molecule is Nc1nc(NCc2ccccc2)nc(-n2ccnc2)n1. The molecule has 3 N–H and O–H groups in total. The van der Waals surface area contributed by atoms with Gasteiger partial charge in [-0.15, -0.1) is 0 Å².